The predicted octanol–water partition coefficient (Wildman–Crippen LogP) is 1.64. The minimum Gasteiger partial charge on any atom is -0.449 e. The number of rotatable bonds is 3. The number of hydrogen-bond acceptors (Lipinski definition) is 5. The van der Waals surface area contributed by atoms with E-state index in [1.54, 1.807) is 18.2 Å². The minimum absolute atomic E-state index is 0.0155. The average Bonchev–Trinajstić information content (AvgIpc) is 3.00. The molecule has 0 radical (unpaired) electrons. The van der Waals surface area contributed by atoms with Crippen LogP contribution in [0.25, 0.3) is 0 Å². The fraction of sp³-hybridized carbons (Fsp3) is 0.533. The molecule has 0 bridgehead atoms. The third kappa shape index (κ3) is 2.96. The summed E-state index contributed by atoms with van der Waals surface area (Å²) in [6.45, 7) is 4.12. The van der Waals surface area contributed by atoms with Crippen molar-refractivity contribution in [3.63, 3.8) is 0 Å². The second-order valence-electron chi connectivity index (χ2n) is 5.81. The molecule has 2 unspecified atom stereocenters. The molecule has 3 rings (SSSR count). The molecule has 0 aliphatic carbocycles. The second-order valence-corrected chi connectivity index (χ2v) is 5.81. The molecule has 6 heteroatoms. The van der Waals surface area contributed by atoms with Gasteiger partial charge in [0.1, 0.15) is 6.10 Å². The molecule has 0 aromatic heterocycles. The summed E-state index contributed by atoms with van der Waals surface area (Å²) < 4.78 is 16.8. The van der Waals surface area contributed by atoms with E-state index in [0.29, 0.717) is 30.2 Å². The molecule has 21 heavy (non-hydrogen) atoms. The zero-order valence-corrected chi connectivity index (χ0v) is 12.2. The second kappa shape index (κ2) is 5.20. The van der Waals surface area contributed by atoms with Crippen molar-refractivity contribution in [2.24, 2.45) is 5.73 Å². The number of amides is 1. The summed E-state index contributed by atoms with van der Waals surface area (Å²) >= 11 is 0. The largest absolute Gasteiger partial charge is 0.449 e. The first-order chi connectivity index (χ1) is 9.97. The molecule has 2 aliphatic heterocycles. The number of nitrogens with two attached hydrogens (primary N) is 1. The van der Waals surface area contributed by atoms with Crippen LogP contribution >= 0.6 is 0 Å². The van der Waals surface area contributed by atoms with Crippen LogP contribution in [0.2, 0.25) is 0 Å². The Morgan fingerprint density at radius 2 is 2.10 bits per heavy atom. The van der Waals surface area contributed by atoms with Crippen LogP contribution in [0, 0.1) is 0 Å². The number of anilines is 1. The van der Waals surface area contributed by atoms with Gasteiger partial charge in [-0.25, -0.2) is 0 Å². The van der Waals surface area contributed by atoms with E-state index in [-0.39, 0.29) is 12.0 Å². The fourth-order valence-electron chi connectivity index (χ4n) is 2.60. The number of fused-ring (bicyclic) bond motifs is 1. The highest BCUT2D eigenvalue weighted by atomic mass is 16.7. The zero-order chi connectivity index (χ0) is 15.0. The normalized spacial score (nSPS) is 25.9. The van der Waals surface area contributed by atoms with Crippen molar-refractivity contribution < 1.29 is 19.0 Å². The maximum Gasteiger partial charge on any atom is 0.253 e. The van der Waals surface area contributed by atoms with Crippen LogP contribution in [0.1, 0.15) is 26.7 Å². The molecule has 3 N–H and O–H groups in total. The van der Waals surface area contributed by atoms with Gasteiger partial charge in [0.15, 0.2) is 11.5 Å². The van der Waals surface area contributed by atoms with Crippen LogP contribution < -0.4 is 20.5 Å². The Labute approximate surface area is 123 Å². The number of ether oxygens (including phenoxy) is 3. The van der Waals surface area contributed by atoms with Gasteiger partial charge in [0.2, 0.25) is 5.79 Å². The van der Waals surface area contributed by atoms with Crippen molar-refractivity contribution in [1.29, 1.82) is 0 Å². The molecule has 1 saturated heterocycles. The summed E-state index contributed by atoms with van der Waals surface area (Å²) in [4.78, 5) is 12.2. The Kier molecular flexibility index (Phi) is 3.51. The van der Waals surface area contributed by atoms with Crippen LogP contribution in [-0.4, -0.2) is 30.4 Å². The molecule has 0 spiro atoms. The van der Waals surface area contributed by atoms with Gasteiger partial charge in [-0.05, 0) is 25.0 Å². The predicted molar refractivity (Wildman–Crippen MR) is 77.4 cm³/mol. The number of carbonyl (C=O) groups excluding carboxylic acids is 1. The van der Waals surface area contributed by atoms with Gasteiger partial charge in [0, 0.05) is 32.1 Å². The molecule has 1 aromatic rings. The van der Waals surface area contributed by atoms with E-state index in [4.69, 9.17) is 19.9 Å². The van der Waals surface area contributed by atoms with Gasteiger partial charge in [-0.1, -0.05) is 0 Å². The zero-order valence-electron chi connectivity index (χ0n) is 12.2. The molecular weight excluding hydrogens is 272 g/mol. The molecule has 1 fully saturated rings. The Morgan fingerprint density at radius 3 is 2.81 bits per heavy atom. The van der Waals surface area contributed by atoms with Gasteiger partial charge >= 0.3 is 0 Å². The lowest BCUT2D eigenvalue weighted by Crippen LogP contribution is -2.30. The van der Waals surface area contributed by atoms with Crippen molar-refractivity contribution >= 4 is 11.6 Å². The van der Waals surface area contributed by atoms with Crippen LogP contribution in [0.5, 0.6) is 11.5 Å². The van der Waals surface area contributed by atoms with Crippen molar-refractivity contribution in [2.75, 3.05) is 11.9 Å². The Bertz CT molecular complexity index is 559. The summed E-state index contributed by atoms with van der Waals surface area (Å²) in [5, 5.41) is 2.85. The number of hydrogen-bond donors (Lipinski definition) is 2. The molecule has 114 valence electrons. The molecule has 2 aliphatic rings. The first-order valence-electron chi connectivity index (χ1n) is 7.15. The van der Waals surface area contributed by atoms with Gasteiger partial charge in [-0.15, -0.1) is 0 Å². The van der Waals surface area contributed by atoms with Crippen LogP contribution in [0.3, 0.4) is 0 Å². The van der Waals surface area contributed by atoms with E-state index in [1.165, 1.54) is 0 Å². The lowest BCUT2D eigenvalue weighted by atomic mass is 10.2. The summed E-state index contributed by atoms with van der Waals surface area (Å²) in [7, 11) is 0. The Balaban J connectivity index is 1.65. The molecule has 2 heterocycles. The highest BCUT2D eigenvalue weighted by molar-refractivity contribution is 5.94. The molecule has 1 amide bonds. The number of benzene rings is 1. The number of carbonyl (C=O) groups is 1. The summed E-state index contributed by atoms with van der Waals surface area (Å²) in [5.41, 5.74) is 6.22. The quantitative estimate of drug-likeness (QED) is 0.885. The summed E-state index contributed by atoms with van der Waals surface area (Å²) in [5.74, 6) is 0.487. The molecular formula is C15H20N2O4. The van der Waals surface area contributed by atoms with E-state index < -0.39 is 11.9 Å². The number of nitrogens with one attached hydrogen (secondary N) is 1. The highest BCUT2D eigenvalue weighted by Crippen LogP contribution is 2.40. The summed E-state index contributed by atoms with van der Waals surface area (Å²) in [6.07, 6.45) is 1.08. The van der Waals surface area contributed by atoms with Crippen LogP contribution in [0.4, 0.5) is 5.69 Å². The standard InChI is InChI=1S/C15H20N2O4/c1-15(2)20-11-5-3-9(7-13(11)21-15)17-14(18)12-6-4-10(8-16)19-12/h3,5,7,10,12H,4,6,8,16H2,1-2H3,(H,17,18). The van der Waals surface area contributed by atoms with Gasteiger partial charge in [0.25, 0.3) is 5.91 Å². The van der Waals surface area contributed by atoms with Crippen molar-refractivity contribution in [3.05, 3.63) is 18.2 Å². The van der Waals surface area contributed by atoms with Crippen LogP contribution in [0.15, 0.2) is 18.2 Å². The topological polar surface area (TPSA) is 82.8 Å². The molecule has 6 nitrogen and oxygen atoms in total. The third-order valence-electron chi connectivity index (χ3n) is 3.59. The minimum atomic E-state index is -0.673. The fourth-order valence-corrected chi connectivity index (χ4v) is 2.60. The lowest BCUT2D eigenvalue weighted by Gasteiger charge is -2.16. The van der Waals surface area contributed by atoms with E-state index >= 15 is 0 Å². The van der Waals surface area contributed by atoms with Gasteiger partial charge < -0.3 is 25.3 Å². The SMILES string of the molecule is CC1(C)Oc2ccc(NC(=O)C3CCC(CN)O3)cc2O1. The Hall–Kier alpha value is -1.79. The van der Waals surface area contributed by atoms with E-state index in [2.05, 4.69) is 5.32 Å². The van der Waals surface area contributed by atoms with Crippen LogP contribution in [-0.2, 0) is 9.53 Å². The maximum atomic E-state index is 12.2. The average molecular weight is 292 g/mol. The van der Waals surface area contributed by atoms with Crippen molar-refractivity contribution in [1.82, 2.24) is 0 Å². The van der Waals surface area contributed by atoms with Gasteiger partial charge in [-0.3, -0.25) is 4.79 Å². The maximum absolute atomic E-state index is 12.2. The van der Waals surface area contributed by atoms with E-state index in [9.17, 15) is 4.79 Å². The Morgan fingerprint density at radius 1 is 1.33 bits per heavy atom. The highest BCUT2D eigenvalue weighted by Gasteiger charge is 2.33. The molecule has 0 saturated carbocycles. The monoisotopic (exact) mass is 292 g/mol. The smallest absolute Gasteiger partial charge is 0.253 e. The molecule has 1 aromatic carbocycles. The van der Waals surface area contributed by atoms with Crippen molar-refractivity contribution in [2.45, 2.75) is 44.7 Å². The van der Waals surface area contributed by atoms with Gasteiger partial charge in [-0.2, -0.15) is 0 Å². The first kappa shape index (κ1) is 14.2. The van der Waals surface area contributed by atoms with Gasteiger partial charge in [0.05, 0.1) is 6.10 Å². The first-order valence-corrected chi connectivity index (χ1v) is 7.15. The third-order valence-corrected chi connectivity index (χ3v) is 3.59. The lowest BCUT2D eigenvalue weighted by molar-refractivity contribution is -0.126. The summed E-state index contributed by atoms with van der Waals surface area (Å²) in [6, 6.07) is 5.34. The van der Waals surface area contributed by atoms with E-state index in [0.717, 1.165) is 6.42 Å². The van der Waals surface area contributed by atoms with Crippen molar-refractivity contribution in [3.8, 4) is 11.5 Å². The molecule has 2 atom stereocenters. The van der Waals surface area contributed by atoms with E-state index in [1.807, 2.05) is 13.8 Å².